The van der Waals surface area contributed by atoms with E-state index in [0.717, 1.165) is 12.1 Å². The van der Waals surface area contributed by atoms with Crippen LogP contribution in [0.25, 0.3) is 0 Å². The van der Waals surface area contributed by atoms with Crippen LogP contribution in [-0.2, 0) is 0 Å². The molecule has 0 unspecified atom stereocenters. The van der Waals surface area contributed by atoms with E-state index < -0.39 is 0 Å². The molecule has 0 radical (unpaired) electrons. The molecule has 0 aliphatic carbocycles. The van der Waals surface area contributed by atoms with Gasteiger partial charge in [-0.3, -0.25) is 14.9 Å². The molecule has 29 heavy (non-hydrogen) atoms. The molecule has 0 aliphatic heterocycles. The molecule has 1 heterocycles. The first-order valence-electron chi connectivity index (χ1n) is 9.22. The van der Waals surface area contributed by atoms with Crippen molar-refractivity contribution in [2.75, 3.05) is 46.7 Å². The average molecular weight is 421 g/mol. The largest absolute Gasteiger partial charge is 0.493 e. The minimum absolute atomic E-state index is 0.102. The quantitative estimate of drug-likeness (QED) is 0.648. The molecule has 158 valence electrons. The molecule has 1 aromatic carbocycles. The SMILES string of the molecule is COc1cc(C(=O)Nc2nc(C(=O)NCCN(C)C)cs2)c(C(C)C)cc1OC. The van der Waals surface area contributed by atoms with Crippen molar-refractivity contribution in [1.82, 2.24) is 15.2 Å². The second-order valence-corrected chi connectivity index (χ2v) is 7.86. The lowest BCUT2D eigenvalue weighted by Gasteiger charge is -2.16. The number of anilines is 1. The first kappa shape index (κ1) is 22.6. The lowest BCUT2D eigenvalue weighted by molar-refractivity contribution is 0.0945. The Kier molecular flexibility index (Phi) is 7.98. The third-order valence-corrected chi connectivity index (χ3v) is 4.98. The van der Waals surface area contributed by atoms with E-state index in [-0.39, 0.29) is 23.4 Å². The number of aromatic nitrogens is 1. The minimum Gasteiger partial charge on any atom is -0.493 e. The van der Waals surface area contributed by atoms with E-state index in [2.05, 4.69) is 15.6 Å². The van der Waals surface area contributed by atoms with Crippen molar-refractivity contribution >= 4 is 28.3 Å². The van der Waals surface area contributed by atoms with Gasteiger partial charge in [0.25, 0.3) is 11.8 Å². The van der Waals surface area contributed by atoms with Crippen molar-refractivity contribution in [3.63, 3.8) is 0 Å². The molecular formula is C20H28N4O4S. The average Bonchev–Trinajstić information content (AvgIpc) is 3.14. The summed E-state index contributed by atoms with van der Waals surface area (Å²) in [5.74, 6) is 0.562. The predicted octanol–water partition coefficient (Wildman–Crippen LogP) is 2.83. The fourth-order valence-electron chi connectivity index (χ4n) is 2.65. The first-order chi connectivity index (χ1) is 13.8. The molecule has 2 aromatic rings. The molecule has 0 aliphatic rings. The maximum absolute atomic E-state index is 12.9. The number of nitrogens with zero attached hydrogens (tertiary/aromatic N) is 2. The van der Waals surface area contributed by atoms with Gasteiger partial charge in [-0.2, -0.15) is 0 Å². The summed E-state index contributed by atoms with van der Waals surface area (Å²) < 4.78 is 10.7. The van der Waals surface area contributed by atoms with Crippen LogP contribution in [0.4, 0.5) is 5.13 Å². The van der Waals surface area contributed by atoms with E-state index >= 15 is 0 Å². The number of amides is 2. The lowest BCUT2D eigenvalue weighted by Crippen LogP contribution is -2.31. The Labute approximate surface area is 175 Å². The van der Waals surface area contributed by atoms with Gasteiger partial charge in [0.05, 0.1) is 14.2 Å². The van der Waals surface area contributed by atoms with E-state index in [1.807, 2.05) is 38.9 Å². The minimum atomic E-state index is -0.316. The van der Waals surface area contributed by atoms with Crippen LogP contribution < -0.4 is 20.1 Å². The number of likely N-dealkylation sites (N-methyl/N-ethyl adjacent to an activating group) is 1. The van der Waals surface area contributed by atoms with Crippen LogP contribution in [0, 0.1) is 0 Å². The number of methoxy groups -OCH3 is 2. The van der Waals surface area contributed by atoms with Gasteiger partial charge in [0.2, 0.25) is 0 Å². The summed E-state index contributed by atoms with van der Waals surface area (Å²) in [6, 6.07) is 3.47. The molecule has 0 fully saturated rings. The number of carbonyl (C=O) groups excluding carboxylic acids is 2. The summed E-state index contributed by atoms with van der Waals surface area (Å²) in [6.07, 6.45) is 0. The van der Waals surface area contributed by atoms with Crippen molar-refractivity contribution in [2.24, 2.45) is 0 Å². The molecule has 2 N–H and O–H groups in total. The summed E-state index contributed by atoms with van der Waals surface area (Å²) in [7, 11) is 6.95. The van der Waals surface area contributed by atoms with Gasteiger partial charge in [0.15, 0.2) is 16.6 Å². The zero-order valence-electron chi connectivity index (χ0n) is 17.7. The fourth-order valence-corrected chi connectivity index (χ4v) is 3.34. The van der Waals surface area contributed by atoms with E-state index in [0.29, 0.717) is 28.7 Å². The van der Waals surface area contributed by atoms with Crippen molar-refractivity contribution in [1.29, 1.82) is 0 Å². The summed E-state index contributed by atoms with van der Waals surface area (Å²) in [6.45, 7) is 5.25. The van der Waals surface area contributed by atoms with Gasteiger partial charge in [-0.1, -0.05) is 13.8 Å². The van der Waals surface area contributed by atoms with Crippen LogP contribution >= 0.6 is 11.3 Å². The number of hydrogen-bond donors (Lipinski definition) is 2. The molecule has 8 nitrogen and oxygen atoms in total. The van der Waals surface area contributed by atoms with Crippen molar-refractivity contribution in [3.8, 4) is 11.5 Å². The third-order valence-electron chi connectivity index (χ3n) is 4.22. The van der Waals surface area contributed by atoms with Crippen LogP contribution in [0.1, 0.15) is 46.2 Å². The first-order valence-corrected chi connectivity index (χ1v) is 10.1. The van der Waals surface area contributed by atoms with Gasteiger partial charge < -0.3 is 19.7 Å². The molecule has 0 atom stereocenters. The zero-order chi connectivity index (χ0) is 21.6. The Balaban J connectivity index is 2.16. The highest BCUT2D eigenvalue weighted by molar-refractivity contribution is 7.14. The Morgan fingerprint density at radius 1 is 1.14 bits per heavy atom. The summed E-state index contributed by atoms with van der Waals surface area (Å²) in [5.41, 5.74) is 1.59. The molecule has 0 spiro atoms. The number of benzene rings is 1. The van der Waals surface area contributed by atoms with E-state index in [9.17, 15) is 9.59 Å². The normalized spacial score (nSPS) is 10.9. The van der Waals surface area contributed by atoms with Crippen LogP contribution in [0.3, 0.4) is 0 Å². The topological polar surface area (TPSA) is 92.8 Å². The van der Waals surface area contributed by atoms with Gasteiger partial charge in [-0.05, 0) is 37.7 Å². The fraction of sp³-hybridized carbons (Fsp3) is 0.450. The molecule has 2 rings (SSSR count). The second kappa shape index (κ2) is 10.2. The number of ether oxygens (including phenoxy) is 2. The highest BCUT2D eigenvalue weighted by Crippen LogP contribution is 2.34. The summed E-state index contributed by atoms with van der Waals surface area (Å²) in [4.78, 5) is 31.3. The molecular weight excluding hydrogens is 392 g/mol. The molecule has 1 aromatic heterocycles. The van der Waals surface area contributed by atoms with Crippen LogP contribution in [0.15, 0.2) is 17.5 Å². The highest BCUT2D eigenvalue weighted by Gasteiger charge is 2.20. The summed E-state index contributed by atoms with van der Waals surface area (Å²) >= 11 is 1.20. The number of nitrogens with one attached hydrogen (secondary N) is 2. The maximum Gasteiger partial charge on any atom is 0.270 e. The Bertz CT molecular complexity index is 864. The van der Waals surface area contributed by atoms with Gasteiger partial charge in [0.1, 0.15) is 5.69 Å². The standard InChI is InChI=1S/C20H28N4O4S/c1-12(2)13-9-16(27-5)17(28-6)10-14(13)18(25)23-20-22-15(11-29-20)19(26)21-7-8-24(3)4/h9-12H,7-8H2,1-6H3,(H,21,26)(H,22,23,25). The second-order valence-electron chi connectivity index (χ2n) is 7.00. The van der Waals surface area contributed by atoms with Crippen molar-refractivity contribution in [2.45, 2.75) is 19.8 Å². The Hall–Kier alpha value is -2.65. The lowest BCUT2D eigenvalue weighted by atomic mass is 9.96. The van der Waals surface area contributed by atoms with Crippen LogP contribution in [0.2, 0.25) is 0 Å². The van der Waals surface area contributed by atoms with E-state index in [1.54, 1.807) is 18.6 Å². The van der Waals surface area contributed by atoms with Gasteiger partial charge in [-0.15, -0.1) is 11.3 Å². The van der Waals surface area contributed by atoms with Crippen LogP contribution in [0.5, 0.6) is 11.5 Å². The Morgan fingerprint density at radius 2 is 1.79 bits per heavy atom. The highest BCUT2D eigenvalue weighted by atomic mass is 32.1. The predicted molar refractivity (Wildman–Crippen MR) is 115 cm³/mol. The number of thiazole rings is 1. The molecule has 9 heteroatoms. The number of carbonyl (C=O) groups is 2. The Morgan fingerprint density at radius 3 is 2.38 bits per heavy atom. The van der Waals surface area contributed by atoms with Crippen molar-refractivity contribution in [3.05, 3.63) is 34.3 Å². The maximum atomic E-state index is 12.9. The molecule has 2 amide bonds. The van der Waals surface area contributed by atoms with Gasteiger partial charge in [0, 0.05) is 24.0 Å². The van der Waals surface area contributed by atoms with E-state index in [1.165, 1.54) is 18.4 Å². The smallest absolute Gasteiger partial charge is 0.270 e. The van der Waals surface area contributed by atoms with E-state index in [4.69, 9.17) is 9.47 Å². The molecule has 0 bridgehead atoms. The van der Waals surface area contributed by atoms with Gasteiger partial charge >= 0.3 is 0 Å². The van der Waals surface area contributed by atoms with Crippen LogP contribution in [-0.4, -0.2) is 63.1 Å². The zero-order valence-corrected chi connectivity index (χ0v) is 18.5. The van der Waals surface area contributed by atoms with Gasteiger partial charge in [-0.25, -0.2) is 4.98 Å². The summed E-state index contributed by atoms with van der Waals surface area (Å²) in [5, 5.41) is 7.56. The molecule has 0 saturated heterocycles. The number of hydrogen-bond acceptors (Lipinski definition) is 7. The number of rotatable bonds is 9. The third kappa shape index (κ3) is 5.91. The van der Waals surface area contributed by atoms with Crippen molar-refractivity contribution < 1.29 is 19.1 Å². The molecule has 0 saturated carbocycles. The monoisotopic (exact) mass is 420 g/mol.